The topological polar surface area (TPSA) is 108 Å². The fraction of sp³-hybridized carbons (Fsp3) is 0.412. The Morgan fingerprint density at radius 1 is 1.16 bits per heavy atom. The first-order valence-corrected chi connectivity index (χ1v) is 9.84. The molecule has 1 heterocycles. The van der Waals surface area contributed by atoms with Gasteiger partial charge in [-0.15, -0.1) is 0 Å². The maximum Gasteiger partial charge on any atom is 0.248 e. The number of hydrogen-bond donors (Lipinski definition) is 3. The van der Waals surface area contributed by atoms with Gasteiger partial charge in [-0.25, -0.2) is 13.1 Å². The van der Waals surface area contributed by atoms with E-state index in [0.29, 0.717) is 10.9 Å². The van der Waals surface area contributed by atoms with Gasteiger partial charge in [0.1, 0.15) is 0 Å². The molecule has 0 atom stereocenters. The van der Waals surface area contributed by atoms with Crippen LogP contribution in [0.4, 0.5) is 0 Å². The second-order valence-electron chi connectivity index (χ2n) is 6.27. The number of nitrogens with one attached hydrogen (secondary N) is 3. The van der Waals surface area contributed by atoms with Gasteiger partial charge in [0, 0.05) is 30.6 Å². The molecule has 0 spiro atoms. The van der Waals surface area contributed by atoms with E-state index in [0.717, 1.165) is 25.7 Å². The molecule has 0 bridgehead atoms. The molecule has 2 aromatic rings. The van der Waals surface area contributed by atoms with Gasteiger partial charge >= 0.3 is 0 Å². The number of rotatable bonds is 6. The lowest BCUT2D eigenvalue weighted by atomic mass is 10.2. The summed E-state index contributed by atoms with van der Waals surface area (Å²) in [5, 5.41) is 3.55. The molecule has 1 amide bonds. The van der Waals surface area contributed by atoms with E-state index < -0.39 is 10.0 Å². The van der Waals surface area contributed by atoms with E-state index in [-0.39, 0.29) is 35.4 Å². The predicted molar refractivity (Wildman–Crippen MR) is 94.8 cm³/mol. The maximum absolute atomic E-state index is 12.4. The third kappa shape index (κ3) is 4.46. The fourth-order valence-corrected chi connectivity index (χ4v) is 4.12. The van der Waals surface area contributed by atoms with Crippen molar-refractivity contribution in [3.63, 3.8) is 0 Å². The van der Waals surface area contributed by atoms with E-state index in [9.17, 15) is 18.0 Å². The highest BCUT2D eigenvalue weighted by atomic mass is 32.2. The van der Waals surface area contributed by atoms with Gasteiger partial charge in [0.15, 0.2) is 0 Å². The van der Waals surface area contributed by atoms with E-state index in [4.69, 9.17) is 0 Å². The molecule has 3 N–H and O–H groups in total. The highest BCUT2D eigenvalue weighted by Crippen LogP contribution is 2.18. The molecule has 1 aromatic heterocycles. The first-order chi connectivity index (χ1) is 11.9. The molecule has 0 aliphatic heterocycles. The Morgan fingerprint density at radius 3 is 2.68 bits per heavy atom. The van der Waals surface area contributed by atoms with Crippen LogP contribution in [0.3, 0.4) is 0 Å². The lowest BCUT2D eigenvalue weighted by Crippen LogP contribution is -2.35. The molecule has 8 heteroatoms. The highest BCUT2D eigenvalue weighted by molar-refractivity contribution is 7.89. The number of hydrogen-bond acceptors (Lipinski definition) is 4. The molecule has 1 aromatic carbocycles. The molecule has 1 saturated carbocycles. The van der Waals surface area contributed by atoms with Crippen molar-refractivity contribution in [2.24, 2.45) is 0 Å². The number of benzene rings is 1. The first-order valence-electron chi connectivity index (χ1n) is 8.36. The van der Waals surface area contributed by atoms with Crippen molar-refractivity contribution in [2.75, 3.05) is 6.54 Å². The largest absolute Gasteiger partial charge is 0.353 e. The van der Waals surface area contributed by atoms with Crippen molar-refractivity contribution in [3.8, 4) is 0 Å². The number of carbonyl (C=O) groups is 1. The predicted octanol–water partition coefficient (Wildman–Crippen LogP) is 1.26. The Hall–Kier alpha value is -2.19. The monoisotopic (exact) mass is 363 g/mol. The van der Waals surface area contributed by atoms with E-state index in [1.54, 1.807) is 12.1 Å². The Bertz CT molecular complexity index is 930. The molecule has 0 saturated heterocycles. The fourth-order valence-electron chi connectivity index (χ4n) is 3.05. The summed E-state index contributed by atoms with van der Waals surface area (Å²) in [5.74, 6) is -0.134. The summed E-state index contributed by atoms with van der Waals surface area (Å²) >= 11 is 0. The summed E-state index contributed by atoms with van der Waals surface area (Å²) in [4.78, 5) is 25.9. The van der Waals surface area contributed by atoms with E-state index in [2.05, 4.69) is 15.0 Å². The van der Waals surface area contributed by atoms with Gasteiger partial charge in [-0.2, -0.15) is 0 Å². The van der Waals surface area contributed by atoms with Crippen LogP contribution in [0, 0.1) is 0 Å². The van der Waals surface area contributed by atoms with Gasteiger partial charge in [-0.05, 0) is 42.5 Å². The number of H-pyrrole nitrogens is 1. The second-order valence-corrected chi connectivity index (χ2v) is 8.04. The van der Waals surface area contributed by atoms with Crippen LogP contribution in [0.15, 0.2) is 40.0 Å². The minimum atomic E-state index is -3.71. The van der Waals surface area contributed by atoms with Crippen LogP contribution >= 0.6 is 0 Å². The van der Waals surface area contributed by atoms with Crippen molar-refractivity contribution < 1.29 is 13.2 Å². The second kappa shape index (κ2) is 7.37. The molecular weight excluding hydrogens is 342 g/mol. The Balaban J connectivity index is 1.60. The van der Waals surface area contributed by atoms with Crippen LogP contribution < -0.4 is 15.6 Å². The Labute approximate surface area is 145 Å². The summed E-state index contributed by atoms with van der Waals surface area (Å²) in [5.41, 5.74) is 0.330. The molecular formula is C17H21N3O4S. The maximum atomic E-state index is 12.4. The van der Waals surface area contributed by atoms with Crippen LogP contribution in [0.5, 0.6) is 0 Å². The third-order valence-corrected chi connectivity index (χ3v) is 5.83. The van der Waals surface area contributed by atoms with Gasteiger partial charge < -0.3 is 10.3 Å². The van der Waals surface area contributed by atoms with Gasteiger partial charge in [0.05, 0.1) is 4.90 Å². The van der Waals surface area contributed by atoms with Crippen LogP contribution in [0.2, 0.25) is 0 Å². The first kappa shape index (κ1) is 17.6. The van der Waals surface area contributed by atoms with Crippen molar-refractivity contribution in [2.45, 2.75) is 43.0 Å². The number of carbonyl (C=O) groups excluding carboxylic acids is 1. The Morgan fingerprint density at radius 2 is 1.92 bits per heavy atom. The average Bonchev–Trinajstić information content (AvgIpc) is 3.07. The van der Waals surface area contributed by atoms with E-state index in [1.807, 2.05) is 0 Å². The zero-order chi connectivity index (χ0) is 17.9. The van der Waals surface area contributed by atoms with Crippen molar-refractivity contribution in [1.82, 2.24) is 15.0 Å². The van der Waals surface area contributed by atoms with Crippen LogP contribution in [0.1, 0.15) is 32.1 Å². The zero-order valence-electron chi connectivity index (χ0n) is 13.7. The molecule has 3 rings (SSSR count). The van der Waals surface area contributed by atoms with Crippen LogP contribution in [-0.2, 0) is 14.8 Å². The summed E-state index contributed by atoms with van der Waals surface area (Å²) in [6.45, 7) is 0.0462. The third-order valence-electron chi connectivity index (χ3n) is 4.37. The molecule has 1 fully saturated rings. The summed E-state index contributed by atoms with van der Waals surface area (Å²) < 4.78 is 27.2. The lowest BCUT2D eigenvalue weighted by Gasteiger charge is -2.12. The van der Waals surface area contributed by atoms with E-state index >= 15 is 0 Å². The molecule has 25 heavy (non-hydrogen) atoms. The average molecular weight is 363 g/mol. The minimum absolute atomic E-state index is 0.0462. The van der Waals surface area contributed by atoms with Gasteiger partial charge in [-0.1, -0.05) is 12.8 Å². The van der Waals surface area contributed by atoms with Gasteiger partial charge in [0.2, 0.25) is 21.5 Å². The highest BCUT2D eigenvalue weighted by Gasteiger charge is 2.18. The quantitative estimate of drug-likeness (QED) is 0.718. The zero-order valence-corrected chi connectivity index (χ0v) is 14.6. The summed E-state index contributed by atoms with van der Waals surface area (Å²) in [7, 11) is -3.71. The van der Waals surface area contributed by atoms with Crippen molar-refractivity contribution >= 4 is 26.8 Å². The number of aromatic nitrogens is 1. The molecule has 134 valence electrons. The number of amides is 1. The van der Waals surface area contributed by atoms with Crippen molar-refractivity contribution in [1.29, 1.82) is 0 Å². The van der Waals surface area contributed by atoms with Gasteiger partial charge in [-0.3, -0.25) is 9.59 Å². The molecule has 1 aliphatic carbocycles. The number of sulfonamides is 1. The van der Waals surface area contributed by atoms with Gasteiger partial charge in [0.25, 0.3) is 0 Å². The molecule has 0 radical (unpaired) electrons. The smallest absolute Gasteiger partial charge is 0.248 e. The molecule has 7 nitrogen and oxygen atoms in total. The summed E-state index contributed by atoms with van der Waals surface area (Å²) in [6.07, 6.45) is 4.36. The van der Waals surface area contributed by atoms with Crippen LogP contribution in [-0.4, -0.2) is 31.9 Å². The number of pyridine rings is 1. The normalized spacial score (nSPS) is 15.5. The lowest BCUT2D eigenvalue weighted by molar-refractivity contribution is -0.121. The number of aromatic amines is 1. The number of fused-ring (bicyclic) bond motifs is 1. The van der Waals surface area contributed by atoms with Crippen molar-refractivity contribution in [3.05, 3.63) is 40.7 Å². The van der Waals surface area contributed by atoms with E-state index in [1.165, 1.54) is 18.2 Å². The molecule has 0 unspecified atom stereocenters. The standard InChI is InChI=1S/C17H21N3O4S/c21-16-8-5-12-11-14(6-7-15(12)20-16)25(23,24)18-10-9-17(22)19-13-3-1-2-4-13/h5-8,11,13,18H,1-4,9-10H2,(H,19,22)(H,20,21). The van der Waals surface area contributed by atoms with Crippen LogP contribution in [0.25, 0.3) is 10.9 Å². The summed E-state index contributed by atoms with van der Waals surface area (Å²) in [6, 6.07) is 7.62. The Kier molecular flexibility index (Phi) is 5.19. The SMILES string of the molecule is O=C(CCNS(=O)(=O)c1ccc2[nH]c(=O)ccc2c1)NC1CCCC1. The minimum Gasteiger partial charge on any atom is -0.353 e. The molecule has 1 aliphatic rings.